The Labute approximate surface area is 183 Å². The molecular formula is C18H30ClIN4O3. The molecule has 2 rings (SSSR count). The molecule has 0 atom stereocenters. The molecule has 0 radical (unpaired) electrons. The van der Waals surface area contributed by atoms with Gasteiger partial charge in [0.25, 0.3) is 0 Å². The van der Waals surface area contributed by atoms with E-state index < -0.39 is 0 Å². The number of guanidine groups is 1. The van der Waals surface area contributed by atoms with Crippen LogP contribution >= 0.6 is 35.6 Å². The second-order valence-electron chi connectivity index (χ2n) is 6.04. The van der Waals surface area contributed by atoms with Crippen molar-refractivity contribution in [2.24, 2.45) is 4.99 Å². The molecule has 1 fully saturated rings. The minimum atomic E-state index is 0. The zero-order chi connectivity index (χ0) is 18.6. The lowest BCUT2D eigenvalue weighted by molar-refractivity contribution is 0.00989. The predicted molar refractivity (Wildman–Crippen MR) is 119 cm³/mol. The molecular weight excluding hydrogens is 483 g/mol. The summed E-state index contributed by atoms with van der Waals surface area (Å²) in [5, 5.41) is 3.93. The van der Waals surface area contributed by atoms with Crippen LogP contribution in [-0.2, 0) is 9.47 Å². The van der Waals surface area contributed by atoms with E-state index in [9.17, 15) is 0 Å². The monoisotopic (exact) mass is 512 g/mol. The molecule has 0 amide bonds. The van der Waals surface area contributed by atoms with Crippen molar-refractivity contribution in [3.8, 4) is 5.88 Å². The molecule has 1 aliphatic heterocycles. The van der Waals surface area contributed by atoms with Crippen molar-refractivity contribution in [1.29, 1.82) is 0 Å². The number of pyridine rings is 1. The van der Waals surface area contributed by atoms with Crippen molar-refractivity contribution >= 4 is 41.5 Å². The van der Waals surface area contributed by atoms with Crippen LogP contribution in [0.3, 0.4) is 0 Å². The Morgan fingerprint density at radius 3 is 2.70 bits per heavy atom. The molecule has 9 heteroatoms. The lowest BCUT2D eigenvalue weighted by Gasteiger charge is -2.34. The highest BCUT2D eigenvalue weighted by molar-refractivity contribution is 14.0. The molecule has 0 unspecified atom stereocenters. The standard InChI is InChI=1S/C18H29ClN4O3.HI/c1-20-18(21-8-13-26-17-5-4-15(19)14-22-17)23-9-6-16(7-10-23)25-12-3-11-24-2;/h4-5,14,16H,3,6-13H2,1-2H3,(H,20,21);1H. The zero-order valence-corrected chi connectivity index (χ0v) is 19.1. The van der Waals surface area contributed by atoms with Gasteiger partial charge in [-0.2, -0.15) is 0 Å². The van der Waals surface area contributed by atoms with Crippen LogP contribution in [0.2, 0.25) is 5.02 Å². The van der Waals surface area contributed by atoms with E-state index in [1.807, 2.05) is 0 Å². The second-order valence-corrected chi connectivity index (χ2v) is 6.48. The first-order valence-corrected chi connectivity index (χ1v) is 9.41. The van der Waals surface area contributed by atoms with Crippen LogP contribution in [0.4, 0.5) is 0 Å². The number of rotatable bonds is 9. The molecule has 27 heavy (non-hydrogen) atoms. The van der Waals surface area contributed by atoms with Crippen LogP contribution in [0.25, 0.3) is 0 Å². The van der Waals surface area contributed by atoms with Gasteiger partial charge in [-0.1, -0.05) is 11.6 Å². The van der Waals surface area contributed by atoms with Crippen LogP contribution in [0.5, 0.6) is 5.88 Å². The molecule has 0 saturated carbocycles. The average Bonchev–Trinajstić information content (AvgIpc) is 2.67. The summed E-state index contributed by atoms with van der Waals surface area (Å²) in [4.78, 5) is 10.7. The summed E-state index contributed by atoms with van der Waals surface area (Å²) in [5.74, 6) is 1.47. The number of piperidine rings is 1. The molecule has 1 N–H and O–H groups in total. The van der Waals surface area contributed by atoms with Gasteiger partial charge in [0.1, 0.15) is 6.61 Å². The summed E-state index contributed by atoms with van der Waals surface area (Å²) in [6.07, 6.45) is 4.88. The van der Waals surface area contributed by atoms with Crippen molar-refractivity contribution in [3.63, 3.8) is 0 Å². The van der Waals surface area contributed by atoms with Crippen molar-refractivity contribution in [2.45, 2.75) is 25.4 Å². The normalized spacial score (nSPS) is 15.4. The fourth-order valence-corrected chi connectivity index (χ4v) is 2.90. The van der Waals surface area contributed by atoms with E-state index in [1.54, 1.807) is 32.5 Å². The van der Waals surface area contributed by atoms with E-state index in [-0.39, 0.29) is 24.0 Å². The topological polar surface area (TPSA) is 68.2 Å². The van der Waals surface area contributed by atoms with E-state index >= 15 is 0 Å². The highest BCUT2D eigenvalue weighted by atomic mass is 127. The second kappa shape index (κ2) is 14.2. The first-order chi connectivity index (χ1) is 12.7. The number of halogens is 2. The van der Waals surface area contributed by atoms with Crippen molar-refractivity contribution in [1.82, 2.24) is 15.2 Å². The van der Waals surface area contributed by atoms with Gasteiger partial charge in [0.05, 0.1) is 17.7 Å². The van der Waals surface area contributed by atoms with Gasteiger partial charge in [-0.3, -0.25) is 4.99 Å². The molecule has 0 spiro atoms. The number of aliphatic imine (C=N–C) groups is 1. The van der Waals surface area contributed by atoms with E-state index in [1.165, 1.54) is 0 Å². The quantitative estimate of drug-likeness (QED) is 0.238. The molecule has 2 heterocycles. The van der Waals surface area contributed by atoms with Gasteiger partial charge in [-0.05, 0) is 25.3 Å². The largest absolute Gasteiger partial charge is 0.476 e. The SMILES string of the molecule is CN=C(NCCOc1ccc(Cl)cn1)N1CCC(OCCCOC)CC1.I. The van der Waals surface area contributed by atoms with Gasteiger partial charge >= 0.3 is 0 Å². The third-order valence-corrected chi connectivity index (χ3v) is 4.36. The van der Waals surface area contributed by atoms with Crippen molar-refractivity contribution < 1.29 is 14.2 Å². The Hall–Kier alpha value is -0.840. The van der Waals surface area contributed by atoms with Crippen molar-refractivity contribution in [3.05, 3.63) is 23.4 Å². The van der Waals surface area contributed by atoms with E-state index in [0.29, 0.717) is 30.2 Å². The number of aromatic nitrogens is 1. The maximum Gasteiger partial charge on any atom is 0.213 e. The fraction of sp³-hybridized carbons (Fsp3) is 0.667. The Bertz CT molecular complexity index is 540. The molecule has 1 aromatic rings. The Kier molecular flexibility index (Phi) is 12.7. The maximum atomic E-state index is 5.90. The van der Waals surface area contributed by atoms with Crippen LogP contribution < -0.4 is 10.1 Å². The van der Waals surface area contributed by atoms with Gasteiger partial charge in [0.15, 0.2) is 5.96 Å². The molecule has 154 valence electrons. The molecule has 7 nitrogen and oxygen atoms in total. The van der Waals surface area contributed by atoms with Gasteiger partial charge in [0.2, 0.25) is 5.88 Å². The summed E-state index contributed by atoms with van der Waals surface area (Å²) < 4.78 is 16.5. The fourth-order valence-electron chi connectivity index (χ4n) is 2.79. The summed E-state index contributed by atoms with van der Waals surface area (Å²) in [6, 6.07) is 3.52. The van der Waals surface area contributed by atoms with E-state index in [2.05, 4.69) is 20.2 Å². The summed E-state index contributed by atoms with van der Waals surface area (Å²) in [5.41, 5.74) is 0. The number of hydrogen-bond donors (Lipinski definition) is 1. The van der Waals surface area contributed by atoms with E-state index in [4.69, 9.17) is 25.8 Å². The molecule has 0 aliphatic carbocycles. The van der Waals surface area contributed by atoms with Crippen LogP contribution in [0.15, 0.2) is 23.3 Å². The number of methoxy groups -OCH3 is 1. The maximum absolute atomic E-state index is 5.90. The molecule has 0 aromatic carbocycles. The third-order valence-electron chi connectivity index (χ3n) is 4.14. The number of ether oxygens (including phenoxy) is 3. The molecule has 1 aliphatic rings. The van der Waals surface area contributed by atoms with Crippen LogP contribution in [0, 0.1) is 0 Å². The first kappa shape index (κ1) is 24.2. The Morgan fingerprint density at radius 1 is 1.30 bits per heavy atom. The summed E-state index contributed by atoms with van der Waals surface area (Å²) >= 11 is 5.81. The zero-order valence-electron chi connectivity index (χ0n) is 16.0. The number of likely N-dealkylation sites (tertiary alicyclic amines) is 1. The lowest BCUT2D eigenvalue weighted by atomic mass is 10.1. The van der Waals surface area contributed by atoms with Gasteiger partial charge in [0, 0.05) is 52.7 Å². The summed E-state index contributed by atoms with van der Waals surface area (Å²) in [6.45, 7) is 4.56. The average molecular weight is 513 g/mol. The summed E-state index contributed by atoms with van der Waals surface area (Å²) in [7, 11) is 3.52. The highest BCUT2D eigenvalue weighted by Crippen LogP contribution is 2.14. The minimum Gasteiger partial charge on any atom is -0.476 e. The van der Waals surface area contributed by atoms with E-state index in [0.717, 1.165) is 51.5 Å². The predicted octanol–water partition coefficient (Wildman–Crippen LogP) is 2.82. The Balaban J connectivity index is 0.00000364. The number of nitrogens with zero attached hydrogens (tertiary/aromatic N) is 3. The van der Waals surface area contributed by atoms with Gasteiger partial charge < -0.3 is 24.4 Å². The van der Waals surface area contributed by atoms with Crippen LogP contribution in [-0.4, -0.2) is 75.6 Å². The minimum absolute atomic E-state index is 0. The number of nitrogens with one attached hydrogen (secondary N) is 1. The Morgan fingerprint density at radius 2 is 2.07 bits per heavy atom. The third kappa shape index (κ3) is 9.27. The first-order valence-electron chi connectivity index (χ1n) is 9.03. The molecule has 1 saturated heterocycles. The molecule has 1 aromatic heterocycles. The highest BCUT2D eigenvalue weighted by Gasteiger charge is 2.21. The van der Waals surface area contributed by atoms with Gasteiger partial charge in [-0.15, -0.1) is 24.0 Å². The lowest BCUT2D eigenvalue weighted by Crippen LogP contribution is -2.47. The van der Waals surface area contributed by atoms with Crippen LogP contribution in [0.1, 0.15) is 19.3 Å². The molecule has 0 bridgehead atoms. The number of hydrogen-bond acceptors (Lipinski definition) is 5. The van der Waals surface area contributed by atoms with Gasteiger partial charge in [-0.25, -0.2) is 4.98 Å². The van der Waals surface area contributed by atoms with Crippen molar-refractivity contribution in [2.75, 3.05) is 53.6 Å². The smallest absolute Gasteiger partial charge is 0.213 e.